The molecule has 3 aromatic rings. The van der Waals surface area contributed by atoms with Crippen molar-refractivity contribution in [3.8, 4) is 17.1 Å². The van der Waals surface area contributed by atoms with Crippen molar-refractivity contribution < 1.29 is 14.1 Å². The van der Waals surface area contributed by atoms with Gasteiger partial charge in [-0.1, -0.05) is 47.1 Å². The average Bonchev–Trinajstić information content (AvgIpc) is 3.22. The van der Waals surface area contributed by atoms with Crippen molar-refractivity contribution in [3.63, 3.8) is 0 Å². The highest BCUT2D eigenvalue weighted by Gasteiger charge is 2.25. The van der Waals surface area contributed by atoms with Crippen LogP contribution in [0.4, 0.5) is 0 Å². The molecule has 0 radical (unpaired) electrons. The second-order valence-electron chi connectivity index (χ2n) is 7.60. The number of carbonyl (C=O) groups is 1. The van der Waals surface area contributed by atoms with Gasteiger partial charge < -0.3 is 14.2 Å². The largest absolute Gasteiger partial charge is 0.483 e. The Balaban J connectivity index is 1.25. The monoisotopic (exact) mass is 425 g/mol. The molecule has 0 atom stereocenters. The van der Waals surface area contributed by atoms with E-state index in [0.29, 0.717) is 41.5 Å². The lowest BCUT2D eigenvalue weighted by molar-refractivity contribution is -0.134. The third-order valence-corrected chi connectivity index (χ3v) is 5.65. The Hall–Kier alpha value is -2.86. The topological polar surface area (TPSA) is 68.5 Å². The summed E-state index contributed by atoms with van der Waals surface area (Å²) in [4.78, 5) is 18.9. The van der Waals surface area contributed by atoms with E-state index in [1.807, 2.05) is 48.2 Å². The van der Waals surface area contributed by atoms with E-state index in [1.165, 1.54) is 0 Å². The molecule has 1 amide bonds. The van der Waals surface area contributed by atoms with Gasteiger partial charge in [-0.15, -0.1) is 0 Å². The van der Waals surface area contributed by atoms with Crippen molar-refractivity contribution in [2.75, 3.05) is 19.7 Å². The maximum Gasteiger partial charge on any atom is 0.260 e. The number of amides is 1. The summed E-state index contributed by atoms with van der Waals surface area (Å²) >= 11 is 5.96. The Labute approximate surface area is 180 Å². The number of piperidine rings is 1. The molecule has 0 bridgehead atoms. The highest BCUT2D eigenvalue weighted by molar-refractivity contribution is 6.30. The fourth-order valence-corrected chi connectivity index (χ4v) is 3.91. The van der Waals surface area contributed by atoms with E-state index in [1.54, 1.807) is 12.1 Å². The lowest BCUT2D eigenvalue weighted by Crippen LogP contribution is -2.41. The Kier molecular flexibility index (Phi) is 6.33. The van der Waals surface area contributed by atoms with Crippen molar-refractivity contribution >= 4 is 17.5 Å². The van der Waals surface area contributed by atoms with Crippen molar-refractivity contribution in [2.24, 2.45) is 5.92 Å². The molecule has 2 heterocycles. The summed E-state index contributed by atoms with van der Waals surface area (Å²) < 4.78 is 11.1. The number of nitrogens with zero attached hydrogens (tertiary/aromatic N) is 3. The summed E-state index contributed by atoms with van der Waals surface area (Å²) in [6, 6.07) is 15.2. The Morgan fingerprint density at radius 1 is 1.20 bits per heavy atom. The second kappa shape index (κ2) is 9.30. The lowest BCUT2D eigenvalue weighted by Gasteiger charge is -2.31. The van der Waals surface area contributed by atoms with Crippen molar-refractivity contribution in [3.05, 3.63) is 65.0 Å². The normalized spacial score (nSPS) is 14.7. The molecule has 1 aliphatic rings. The van der Waals surface area contributed by atoms with Gasteiger partial charge in [0.05, 0.1) is 0 Å². The van der Waals surface area contributed by atoms with Crippen LogP contribution >= 0.6 is 11.6 Å². The number of carbonyl (C=O) groups excluding carboxylic acids is 1. The number of likely N-dealkylation sites (tertiary alicyclic amines) is 1. The van der Waals surface area contributed by atoms with E-state index in [-0.39, 0.29) is 12.5 Å². The lowest BCUT2D eigenvalue weighted by atomic mass is 9.93. The molecule has 30 heavy (non-hydrogen) atoms. The van der Waals surface area contributed by atoms with Crippen LogP contribution in [0, 0.1) is 12.8 Å². The minimum absolute atomic E-state index is 0.00644. The average molecular weight is 426 g/mol. The first-order chi connectivity index (χ1) is 14.6. The fraction of sp³-hybridized carbons (Fsp3) is 0.348. The SMILES string of the molecule is Cc1cc(Cl)ccc1OCC(=O)N1CCC(Cc2nc(-c3ccccc3)no2)CC1. The van der Waals surface area contributed by atoms with Gasteiger partial charge in [-0.3, -0.25) is 4.79 Å². The zero-order chi connectivity index (χ0) is 20.9. The zero-order valence-corrected chi connectivity index (χ0v) is 17.6. The summed E-state index contributed by atoms with van der Waals surface area (Å²) in [5.74, 6) is 2.39. The number of aryl methyl sites for hydroxylation is 1. The highest BCUT2D eigenvalue weighted by Crippen LogP contribution is 2.24. The standard InChI is InChI=1S/C23H24ClN3O3/c1-16-13-19(24)7-8-20(16)29-15-22(28)27-11-9-17(10-12-27)14-21-25-23(26-30-21)18-5-3-2-4-6-18/h2-8,13,17H,9-12,14-15H2,1H3. The van der Waals surface area contributed by atoms with Gasteiger partial charge in [0.15, 0.2) is 6.61 Å². The van der Waals surface area contributed by atoms with Crippen LogP contribution in [0.25, 0.3) is 11.4 Å². The predicted molar refractivity (Wildman–Crippen MR) is 114 cm³/mol. The molecule has 1 fully saturated rings. The molecule has 0 aliphatic carbocycles. The van der Waals surface area contributed by atoms with E-state index in [2.05, 4.69) is 10.1 Å². The molecular formula is C23H24ClN3O3. The molecule has 0 saturated carbocycles. The minimum Gasteiger partial charge on any atom is -0.483 e. The van der Waals surface area contributed by atoms with E-state index >= 15 is 0 Å². The molecule has 0 spiro atoms. The summed E-state index contributed by atoms with van der Waals surface area (Å²) in [7, 11) is 0. The van der Waals surface area contributed by atoms with E-state index in [4.69, 9.17) is 20.9 Å². The van der Waals surface area contributed by atoms with Gasteiger partial charge in [-0.05, 0) is 49.4 Å². The number of benzene rings is 2. The molecule has 1 aromatic heterocycles. The molecule has 1 aliphatic heterocycles. The number of hydrogen-bond acceptors (Lipinski definition) is 5. The number of rotatable bonds is 6. The van der Waals surface area contributed by atoms with Crippen LogP contribution in [0.5, 0.6) is 5.75 Å². The first kappa shape index (κ1) is 20.4. The first-order valence-corrected chi connectivity index (χ1v) is 10.5. The van der Waals surface area contributed by atoms with Crippen molar-refractivity contribution in [1.82, 2.24) is 15.0 Å². The molecule has 4 rings (SSSR count). The number of ether oxygens (including phenoxy) is 1. The molecule has 156 valence electrons. The van der Waals surface area contributed by atoms with E-state index < -0.39 is 0 Å². The third-order valence-electron chi connectivity index (χ3n) is 5.42. The molecule has 0 unspecified atom stereocenters. The van der Waals surface area contributed by atoms with Crippen LogP contribution < -0.4 is 4.74 Å². The summed E-state index contributed by atoms with van der Waals surface area (Å²) in [5, 5.41) is 4.74. The summed E-state index contributed by atoms with van der Waals surface area (Å²) in [6.45, 7) is 3.38. The van der Waals surface area contributed by atoms with Gasteiger partial charge >= 0.3 is 0 Å². The molecule has 6 nitrogen and oxygen atoms in total. The van der Waals surface area contributed by atoms with Gasteiger partial charge in [0, 0.05) is 30.1 Å². The Morgan fingerprint density at radius 2 is 1.97 bits per heavy atom. The van der Waals surface area contributed by atoms with Gasteiger partial charge in [0.1, 0.15) is 5.75 Å². The quantitative estimate of drug-likeness (QED) is 0.579. The van der Waals surface area contributed by atoms with Crippen LogP contribution in [0.15, 0.2) is 53.1 Å². The van der Waals surface area contributed by atoms with E-state index in [0.717, 1.165) is 30.4 Å². The fourth-order valence-electron chi connectivity index (χ4n) is 3.68. The van der Waals surface area contributed by atoms with Crippen molar-refractivity contribution in [1.29, 1.82) is 0 Å². The van der Waals surface area contributed by atoms with E-state index in [9.17, 15) is 4.79 Å². The summed E-state index contributed by atoms with van der Waals surface area (Å²) in [6.07, 6.45) is 2.56. The Bertz CT molecular complexity index is 998. The number of aromatic nitrogens is 2. The molecule has 0 N–H and O–H groups in total. The molecule has 7 heteroatoms. The van der Waals surface area contributed by atoms with Crippen LogP contribution in [-0.4, -0.2) is 40.6 Å². The third kappa shape index (κ3) is 5.00. The molecule has 1 saturated heterocycles. The maximum atomic E-state index is 12.5. The smallest absolute Gasteiger partial charge is 0.260 e. The maximum absolute atomic E-state index is 12.5. The van der Waals surface area contributed by atoms with Crippen molar-refractivity contribution in [2.45, 2.75) is 26.2 Å². The first-order valence-electron chi connectivity index (χ1n) is 10.1. The zero-order valence-electron chi connectivity index (χ0n) is 16.9. The van der Waals surface area contributed by atoms with Crippen LogP contribution in [0.2, 0.25) is 5.02 Å². The minimum atomic E-state index is 0.00644. The highest BCUT2D eigenvalue weighted by atomic mass is 35.5. The predicted octanol–water partition coefficient (Wildman–Crippen LogP) is 4.56. The molecule has 2 aromatic carbocycles. The number of hydrogen-bond donors (Lipinski definition) is 0. The second-order valence-corrected chi connectivity index (χ2v) is 8.04. The van der Waals surface area contributed by atoms with Gasteiger partial charge in [-0.25, -0.2) is 0 Å². The number of halogens is 1. The van der Waals surface area contributed by atoms with Gasteiger partial charge in [-0.2, -0.15) is 4.98 Å². The van der Waals surface area contributed by atoms with Gasteiger partial charge in [0.2, 0.25) is 11.7 Å². The summed E-state index contributed by atoms with van der Waals surface area (Å²) in [5.41, 5.74) is 1.87. The van der Waals surface area contributed by atoms with Crippen LogP contribution in [-0.2, 0) is 11.2 Å². The Morgan fingerprint density at radius 3 is 2.70 bits per heavy atom. The van der Waals surface area contributed by atoms with Crippen LogP contribution in [0.1, 0.15) is 24.3 Å². The molecular weight excluding hydrogens is 402 g/mol. The van der Waals surface area contributed by atoms with Crippen LogP contribution in [0.3, 0.4) is 0 Å². The van der Waals surface area contributed by atoms with Gasteiger partial charge in [0.25, 0.3) is 5.91 Å².